The number of benzene rings is 3. The molecule has 1 aliphatic heterocycles. The van der Waals surface area contributed by atoms with Gasteiger partial charge in [0.2, 0.25) is 0 Å². The maximum Gasteiger partial charge on any atom is 0.123 e. The molecule has 186 valence electrons. The van der Waals surface area contributed by atoms with E-state index in [1.54, 1.807) is 7.11 Å². The number of fused-ring (bicyclic) bond motifs is 1. The van der Waals surface area contributed by atoms with Crippen molar-refractivity contribution < 1.29 is 13.9 Å². The highest BCUT2D eigenvalue weighted by Crippen LogP contribution is 2.41. The maximum atomic E-state index is 13.3. The average Bonchev–Trinajstić information content (AvgIpc) is 2.89. The number of likely N-dealkylation sites (N-methyl/N-ethyl adjacent to an activating group) is 1. The fourth-order valence-corrected chi connectivity index (χ4v) is 5.77. The molecule has 0 bridgehead atoms. The fraction of sp³-hybridized carbons (Fsp3) is 0.467. The molecule has 0 aromatic heterocycles. The summed E-state index contributed by atoms with van der Waals surface area (Å²) in [5, 5.41) is 2.50. The van der Waals surface area contributed by atoms with Crippen molar-refractivity contribution in [3.05, 3.63) is 77.6 Å². The molecule has 1 saturated carbocycles. The van der Waals surface area contributed by atoms with Crippen LogP contribution in [-0.4, -0.2) is 62.8 Å². The Morgan fingerprint density at radius 3 is 2.40 bits per heavy atom. The predicted molar refractivity (Wildman–Crippen MR) is 139 cm³/mol. The van der Waals surface area contributed by atoms with Gasteiger partial charge in [-0.1, -0.05) is 36.4 Å². The molecular weight excluding hydrogens is 439 g/mol. The molecule has 4 nitrogen and oxygen atoms in total. The highest BCUT2D eigenvalue weighted by Gasteiger charge is 2.34. The molecule has 0 amide bonds. The van der Waals surface area contributed by atoms with Gasteiger partial charge in [-0.2, -0.15) is 0 Å². The Balaban J connectivity index is 1.31. The summed E-state index contributed by atoms with van der Waals surface area (Å²) >= 11 is 0. The molecule has 0 spiro atoms. The molecule has 2 aliphatic rings. The van der Waals surface area contributed by atoms with Crippen LogP contribution >= 0.6 is 0 Å². The van der Waals surface area contributed by atoms with Crippen molar-refractivity contribution in [1.82, 2.24) is 9.80 Å². The molecule has 3 atom stereocenters. The van der Waals surface area contributed by atoms with Crippen LogP contribution in [0.25, 0.3) is 10.8 Å². The largest absolute Gasteiger partial charge is 0.497 e. The summed E-state index contributed by atoms with van der Waals surface area (Å²) in [7, 11) is 3.93. The molecule has 1 aliphatic carbocycles. The lowest BCUT2D eigenvalue weighted by Gasteiger charge is -2.41. The van der Waals surface area contributed by atoms with E-state index in [4.69, 9.17) is 9.47 Å². The third-order valence-electron chi connectivity index (χ3n) is 7.92. The van der Waals surface area contributed by atoms with Crippen molar-refractivity contribution in [2.75, 3.05) is 46.9 Å². The van der Waals surface area contributed by atoms with Crippen molar-refractivity contribution in [3.63, 3.8) is 0 Å². The number of hydrogen-bond donors (Lipinski definition) is 0. The van der Waals surface area contributed by atoms with Crippen LogP contribution in [0.1, 0.15) is 36.3 Å². The van der Waals surface area contributed by atoms with Crippen LogP contribution < -0.4 is 4.74 Å². The fourth-order valence-electron chi connectivity index (χ4n) is 5.77. The van der Waals surface area contributed by atoms with E-state index in [0.717, 1.165) is 63.3 Å². The SMILES string of the molecule is COc1ccc2cc(C3CCC(OCc4ccc(F)cc4)CC3CN3CCN(C)CC3)ccc2c1. The highest BCUT2D eigenvalue weighted by atomic mass is 19.1. The Labute approximate surface area is 208 Å². The number of hydrogen-bond acceptors (Lipinski definition) is 4. The minimum Gasteiger partial charge on any atom is -0.497 e. The Morgan fingerprint density at radius 1 is 0.886 bits per heavy atom. The van der Waals surface area contributed by atoms with Crippen LogP contribution in [0.4, 0.5) is 4.39 Å². The molecule has 35 heavy (non-hydrogen) atoms. The topological polar surface area (TPSA) is 24.9 Å². The first-order chi connectivity index (χ1) is 17.1. The molecule has 0 N–H and O–H groups in total. The van der Waals surface area contributed by atoms with Crippen molar-refractivity contribution >= 4 is 10.8 Å². The Kier molecular flexibility index (Phi) is 7.66. The van der Waals surface area contributed by atoms with Gasteiger partial charge in [0.25, 0.3) is 0 Å². The number of ether oxygens (including phenoxy) is 2. The van der Waals surface area contributed by atoms with Crippen LogP contribution in [0, 0.1) is 11.7 Å². The van der Waals surface area contributed by atoms with Crippen molar-refractivity contribution in [2.24, 2.45) is 5.92 Å². The predicted octanol–water partition coefficient (Wildman–Crippen LogP) is 5.70. The first-order valence-electron chi connectivity index (χ1n) is 12.9. The number of piperazine rings is 1. The number of rotatable bonds is 7. The van der Waals surface area contributed by atoms with E-state index in [1.807, 2.05) is 18.2 Å². The van der Waals surface area contributed by atoms with E-state index < -0.39 is 0 Å². The molecular formula is C30H37FN2O2. The van der Waals surface area contributed by atoms with Gasteiger partial charge in [-0.25, -0.2) is 4.39 Å². The van der Waals surface area contributed by atoms with Crippen LogP contribution in [0.5, 0.6) is 5.75 Å². The van der Waals surface area contributed by atoms with Crippen LogP contribution in [0.2, 0.25) is 0 Å². The summed E-state index contributed by atoms with van der Waals surface area (Å²) in [6.45, 7) is 6.22. The van der Waals surface area contributed by atoms with E-state index >= 15 is 0 Å². The average molecular weight is 477 g/mol. The van der Waals surface area contributed by atoms with Gasteiger partial charge >= 0.3 is 0 Å². The second-order valence-corrected chi connectivity index (χ2v) is 10.3. The molecule has 2 fully saturated rings. The van der Waals surface area contributed by atoms with E-state index in [1.165, 1.54) is 28.5 Å². The minimum absolute atomic E-state index is 0.199. The summed E-state index contributed by atoms with van der Waals surface area (Å²) in [5.41, 5.74) is 2.48. The highest BCUT2D eigenvalue weighted by molar-refractivity contribution is 5.84. The van der Waals surface area contributed by atoms with Crippen molar-refractivity contribution in [2.45, 2.75) is 37.9 Å². The lowest BCUT2D eigenvalue weighted by atomic mass is 9.73. The first kappa shape index (κ1) is 24.2. The second kappa shape index (κ2) is 11.1. The molecule has 3 aromatic carbocycles. The van der Waals surface area contributed by atoms with Gasteiger partial charge < -0.3 is 19.3 Å². The molecule has 3 unspecified atom stereocenters. The zero-order valence-corrected chi connectivity index (χ0v) is 21.0. The van der Waals surface area contributed by atoms with Crippen LogP contribution in [-0.2, 0) is 11.3 Å². The standard InChI is InChI=1S/C30H37FN2O2/c1-32-13-15-33(16-14-32)20-26-19-29(35-21-22-3-8-27(31)9-4-22)11-12-30(26)25-6-5-24-18-28(34-2)10-7-23(24)17-25/h3-10,17-18,26,29-30H,11-16,19-21H2,1-2H3. The monoisotopic (exact) mass is 476 g/mol. The Hall–Kier alpha value is -2.47. The maximum absolute atomic E-state index is 13.3. The molecule has 5 rings (SSSR count). The zero-order chi connectivity index (χ0) is 24.2. The van der Waals surface area contributed by atoms with Gasteiger partial charge in [0.1, 0.15) is 11.6 Å². The van der Waals surface area contributed by atoms with Gasteiger partial charge in [-0.05, 0) is 84.3 Å². The van der Waals surface area contributed by atoms with E-state index in [-0.39, 0.29) is 11.9 Å². The third kappa shape index (κ3) is 6.03. The number of methoxy groups -OCH3 is 1. The minimum atomic E-state index is -0.199. The summed E-state index contributed by atoms with van der Waals surface area (Å²) in [4.78, 5) is 5.06. The van der Waals surface area contributed by atoms with E-state index in [9.17, 15) is 4.39 Å². The van der Waals surface area contributed by atoms with Crippen molar-refractivity contribution in [1.29, 1.82) is 0 Å². The summed E-state index contributed by atoms with van der Waals surface area (Å²) in [5.74, 6) is 1.79. The summed E-state index contributed by atoms with van der Waals surface area (Å²) in [6.07, 6.45) is 3.51. The lowest BCUT2D eigenvalue weighted by molar-refractivity contribution is -0.0113. The summed E-state index contributed by atoms with van der Waals surface area (Å²) in [6, 6.07) is 20.0. The quantitative estimate of drug-likeness (QED) is 0.437. The molecule has 0 radical (unpaired) electrons. The van der Waals surface area contributed by atoms with Crippen LogP contribution in [0.3, 0.4) is 0 Å². The summed E-state index contributed by atoms with van der Waals surface area (Å²) < 4.78 is 25.0. The Bertz CT molecular complexity index is 1110. The zero-order valence-electron chi connectivity index (χ0n) is 21.0. The first-order valence-corrected chi connectivity index (χ1v) is 12.9. The lowest BCUT2D eigenvalue weighted by Crippen LogP contribution is -2.47. The van der Waals surface area contributed by atoms with Crippen molar-refractivity contribution in [3.8, 4) is 5.75 Å². The molecule has 1 saturated heterocycles. The smallest absolute Gasteiger partial charge is 0.123 e. The van der Waals surface area contributed by atoms with Gasteiger partial charge in [0.05, 0.1) is 19.8 Å². The molecule has 1 heterocycles. The van der Waals surface area contributed by atoms with Crippen LogP contribution in [0.15, 0.2) is 60.7 Å². The van der Waals surface area contributed by atoms with Gasteiger partial charge in [-0.3, -0.25) is 0 Å². The Morgan fingerprint density at radius 2 is 1.63 bits per heavy atom. The van der Waals surface area contributed by atoms with E-state index in [2.05, 4.69) is 47.2 Å². The number of halogens is 1. The normalized spacial score (nSPS) is 24.0. The van der Waals surface area contributed by atoms with Gasteiger partial charge in [0, 0.05) is 32.7 Å². The van der Waals surface area contributed by atoms with Gasteiger partial charge in [-0.15, -0.1) is 0 Å². The van der Waals surface area contributed by atoms with Gasteiger partial charge in [0.15, 0.2) is 0 Å². The molecule has 3 aromatic rings. The number of nitrogens with zero attached hydrogens (tertiary/aromatic N) is 2. The molecule has 5 heteroatoms. The second-order valence-electron chi connectivity index (χ2n) is 10.3. The van der Waals surface area contributed by atoms with E-state index in [0.29, 0.717) is 18.4 Å². The third-order valence-corrected chi connectivity index (χ3v) is 7.92.